The monoisotopic (exact) mass is 690 g/mol. The Kier molecular flexibility index (Phi) is 7.42. The number of benzene rings is 6. The zero-order chi connectivity index (χ0) is 36.8. The van der Waals surface area contributed by atoms with Crippen LogP contribution in [-0.2, 0) is 0 Å². The zero-order valence-corrected chi connectivity index (χ0v) is 28.2. The van der Waals surface area contributed by atoms with E-state index in [1.165, 1.54) is 0 Å². The molecule has 1 aliphatic rings. The molecule has 0 saturated heterocycles. The molecule has 3 heterocycles. The van der Waals surface area contributed by atoms with Crippen molar-refractivity contribution in [3.8, 4) is 46.8 Å². The van der Waals surface area contributed by atoms with E-state index in [-0.39, 0.29) is 23.0 Å². The van der Waals surface area contributed by atoms with Crippen LogP contribution in [0.15, 0.2) is 133 Å². The highest BCUT2D eigenvalue weighted by Gasteiger charge is 2.38. The van der Waals surface area contributed by atoms with Crippen molar-refractivity contribution in [1.29, 1.82) is 21.0 Å². The van der Waals surface area contributed by atoms with E-state index in [0.717, 1.165) is 21.5 Å². The second-order valence-electron chi connectivity index (χ2n) is 12.5. The molecule has 248 valence electrons. The summed E-state index contributed by atoms with van der Waals surface area (Å²) < 4.78 is 0. The molecule has 8 aromatic rings. The fourth-order valence-corrected chi connectivity index (χ4v) is 6.72. The number of anilines is 6. The molecule has 0 spiro atoms. The van der Waals surface area contributed by atoms with E-state index in [1.807, 2.05) is 119 Å². The van der Waals surface area contributed by atoms with Gasteiger partial charge < -0.3 is 0 Å². The van der Waals surface area contributed by atoms with Crippen molar-refractivity contribution in [2.45, 2.75) is 0 Å². The molecule has 0 bridgehead atoms. The van der Waals surface area contributed by atoms with Crippen molar-refractivity contribution < 1.29 is 0 Å². The van der Waals surface area contributed by atoms with Gasteiger partial charge in [0.25, 0.3) is 0 Å². The summed E-state index contributed by atoms with van der Waals surface area (Å²) in [5, 5.41) is 43.5. The molecule has 0 N–H and O–H groups in total. The summed E-state index contributed by atoms with van der Waals surface area (Å²) in [6, 6.07) is 50.6. The standard InChI is InChI=1S/C44H22N10/c45-23-27-9-13-31(14-10-27)39-40(32-15-11-28(24-46)12-16-32)52-44-43(51-39)53(35-19-17-29-5-1-3-7-33(29)21-35)41-42(50-38(26-48)37(25-47)49-41)54(44)36-20-18-30-6-2-4-8-34(30)22-36/h1-22H. The number of nitrogens with zero attached hydrogens (tertiary/aromatic N) is 10. The Hall–Kier alpha value is -8.44. The van der Waals surface area contributed by atoms with Crippen molar-refractivity contribution in [1.82, 2.24) is 19.9 Å². The lowest BCUT2D eigenvalue weighted by Crippen LogP contribution is -2.29. The van der Waals surface area contributed by atoms with Crippen LogP contribution < -0.4 is 9.80 Å². The maximum atomic E-state index is 10.2. The van der Waals surface area contributed by atoms with Gasteiger partial charge in [0.1, 0.15) is 12.1 Å². The summed E-state index contributed by atoms with van der Waals surface area (Å²) in [7, 11) is 0. The number of rotatable bonds is 4. The lowest BCUT2D eigenvalue weighted by molar-refractivity contribution is 0.980. The molecule has 10 heteroatoms. The van der Waals surface area contributed by atoms with Crippen molar-refractivity contribution >= 4 is 56.2 Å². The van der Waals surface area contributed by atoms with E-state index in [9.17, 15) is 21.0 Å². The minimum absolute atomic E-state index is 0.126. The van der Waals surface area contributed by atoms with Gasteiger partial charge in [-0.15, -0.1) is 0 Å². The van der Waals surface area contributed by atoms with Crippen molar-refractivity contribution in [2.24, 2.45) is 0 Å². The summed E-state index contributed by atoms with van der Waals surface area (Å²) >= 11 is 0. The molecule has 0 unspecified atom stereocenters. The number of hydrogen-bond acceptors (Lipinski definition) is 10. The molecule has 2 aromatic heterocycles. The quantitative estimate of drug-likeness (QED) is 0.174. The first-order chi connectivity index (χ1) is 26.6. The first-order valence-electron chi connectivity index (χ1n) is 16.8. The third-order valence-electron chi connectivity index (χ3n) is 9.34. The van der Waals surface area contributed by atoms with Gasteiger partial charge in [0.2, 0.25) is 0 Å². The molecule has 0 amide bonds. The largest absolute Gasteiger partial charge is 0.273 e. The smallest absolute Gasteiger partial charge is 0.184 e. The predicted molar refractivity (Wildman–Crippen MR) is 205 cm³/mol. The number of aromatic nitrogens is 4. The maximum absolute atomic E-state index is 10.2. The van der Waals surface area contributed by atoms with Gasteiger partial charge >= 0.3 is 0 Å². The van der Waals surface area contributed by atoms with Crippen molar-refractivity contribution in [3.05, 3.63) is 156 Å². The summed E-state index contributed by atoms with van der Waals surface area (Å²) in [6.45, 7) is 0. The van der Waals surface area contributed by atoms with Gasteiger partial charge in [-0.1, -0.05) is 84.9 Å². The summed E-state index contributed by atoms with van der Waals surface area (Å²) in [5.74, 6) is 1.36. The lowest BCUT2D eigenvalue weighted by Gasteiger charge is -2.37. The third-order valence-corrected chi connectivity index (χ3v) is 9.34. The highest BCUT2D eigenvalue weighted by atomic mass is 15.4. The lowest BCUT2D eigenvalue weighted by atomic mass is 10.0. The van der Waals surface area contributed by atoms with Crippen molar-refractivity contribution in [2.75, 3.05) is 9.80 Å². The Balaban J connectivity index is 1.41. The molecule has 6 aromatic carbocycles. The SMILES string of the molecule is N#Cc1ccc(-c2nc3c(nc2-c2ccc(C#N)cc2)N(c2ccc4ccccc4c2)c2nc(C#N)c(C#N)nc2N3c2ccc3ccccc3c2)cc1. The van der Waals surface area contributed by atoms with Crippen LogP contribution in [0.2, 0.25) is 0 Å². The van der Waals surface area contributed by atoms with E-state index < -0.39 is 0 Å². The molecular weight excluding hydrogens is 669 g/mol. The molecule has 0 fully saturated rings. The summed E-state index contributed by atoms with van der Waals surface area (Å²) in [5.41, 5.74) is 4.53. The van der Waals surface area contributed by atoms with Crippen LogP contribution in [0.5, 0.6) is 0 Å². The van der Waals surface area contributed by atoms with E-state index in [2.05, 4.69) is 24.3 Å². The van der Waals surface area contributed by atoms with Gasteiger partial charge in [0.15, 0.2) is 34.7 Å². The Morgan fingerprint density at radius 2 is 0.741 bits per heavy atom. The molecule has 0 radical (unpaired) electrons. The Morgan fingerprint density at radius 1 is 0.370 bits per heavy atom. The number of hydrogen-bond donors (Lipinski definition) is 0. The zero-order valence-electron chi connectivity index (χ0n) is 28.2. The Bertz CT molecular complexity index is 2790. The Labute approximate surface area is 309 Å². The number of fused-ring (bicyclic) bond motifs is 4. The summed E-state index contributed by atoms with van der Waals surface area (Å²) in [6.07, 6.45) is 0. The Morgan fingerprint density at radius 3 is 1.11 bits per heavy atom. The highest BCUT2D eigenvalue weighted by Crippen LogP contribution is 2.53. The van der Waals surface area contributed by atoms with E-state index in [0.29, 0.717) is 56.7 Å². The fraction of sp³-hybridized carbons (Fsp3) is 0. The van der Waals surface area contributed by atoms with Gasteiger partial charge in [-0.3, -0.25) is 9.80 Å². The molecule has 54 heavy (non-hydrogen) atoms. The minimum atomic E-state index is -0.126. The molecular formula is C44H22N10. The van der Waals surface area contributed by atoms with Crippen molar-refractivity contribution in [3.63, 3.8) is 0 Å². The molecule has 1 aliphatic heterocycles. The first-order valence-corrected chi connectivity index (χ1v) is 16.8. The van der Waals surface area contributed by atoms with Gasteiger partial charge in [0, 0.05) is 22.5 Å². The van der Waals surface area contributed by atoms with Crippen LogP contribution in [0.25, 0.3) is 44.1 Å². The van der Waals surface area contributed by atoms with Gasteiger partial charge in [0.05, 0.1) is 34.7 Å². The van der Waals surface area contributed by atoms with Crippen LogP contribution in [0.4, 0.5) is 34.6 Å². The normalized spacial score (nSPS) is 11.6. The molecule has 0 atom stereocenters. The fourth-order valence-electron chi connectivity index (χ4n) is 6.72. The molecule has 10 nitrogen and oxygen atoms in total. The van der Waals surface area contributed by atoms with Gasteiger partial charge in [-0.25, -0.2) is 19.9 Å². The van der Waals surface area contributed by atoms with Crippen LogP contribution >= 0.6 is 0 Å². The second-order valence-corrected chi connectivity index (χ2v) is 12.5. The maximum Gasteiger partial charge on any atom is 0.184 e. The van der Waals surface area contributed by atoms with Crippen LogP contribution in [0, 0.1) is 45.3 Å². The average molecular weight is 691 g/mol. The average Bonchev–Trinajstić information content (AvgIpc) is 3.24. The van der Waals surface area contributed by atoms with Crippen LogP contribution in [0.3, 0.4) is 0 Å². The van der Waals surface area contributed by atoms with Gasteiger partial charge in [-0.05, 0) is 70.1 Å². The van der Waals surface area contributed by atoms with Crippen LogP contribution in [0.1, 0.15) is 22.5 Å². The topological polar surface area (TPSA) is 153 Å². The molecule has 0 saturated carbocycles. The predicted octanol–water partition coefficient (Wildman–Crippen LogP) is 9.65. The summed E-state index contributed by atoms with van der Waals surface area (Å²) in [4.78, 5) is 24.0. The first kappa shape index (κ1) is 31.5. The van der Waals surface area contributed by atoms with Crippen LogP contribution in [-0.4, -0.2) is 19.9 Å². The molecule has 9 rings (SSSR count). The third kappa shape index (κ3) is 5.17. The minimum Gasteiger partial charge on any atom is -0.273 e. The second kappa shape index (κ2) is 12.7. The number of nitriles is 4. The molecule has 0 aliphatic carbocycles. The van der Waals surface area contributed by atoms with E-state index >= 15 is 0 Å². The van der Waals surface area contributed by atoms with Gasteiger partial charge in [-0.2, -0.15) is 21.0 Å². The highest BCUT2D eigenvalue weighted by molar-refractivity contribution is 6.01. The van der Waals surface area contributed by atoms with E-state index in [4.69, 9.17) is 19.9 Å². The van der Waals surface area contributed by atoms with E-state index in [1.54, 1.807) is 24.3 Å².